The van der Waals surface area contributed by atoms with Crippen molar-refractivity contribution >= 4 is 40.7 Å². The molecule has 3 heteroatoms. The molecule has 0 spiro atoms. The first-order chi connectivity index (χ1) is 6.95. The Morgan fingerprint density at radius 2 is 1.13 bits per heavy atom. The van der Waals surface area contributed by atoms with Crippen LogP contribution in [0.1, 0.15) is 0 Å². The maximum Gasteiger partial charge on any atom is 0.0964 e. The van der Waals surface area contributed by atoms with Crippen molar-refractivity contribution in [3.05, 3.63) is 48.8 Å². The van der Waals surface area contributed by atoms with Crippen molar-refractivity contribution in [2.75, 3.05) is 0 Å². The number of pyridine rings is 2. The van der Waals surface area contributed by atoms with Crippen LogP contribution in [0.15, 0.2) is 48.8 Å². The smallest absolute Gasteiger partial charge is 0.0964 e. The summed E-state index contributed by atoms with van der Waals surface area (Å²) in [5.74, 6) is 0. The number of nitrogens with zero attached hydrogens (tertiary/aromatic N) is 2. The molecule has 0 radical (unpaired) electrons. The molecule has 2 heterocycles. The molecule has 0 aliphatic heterocycles. The first-order valence-corrected chi connectivity index (χ1v) is 4.53. The summed E-state index contributed by atoms with van der Waals surface area (Å²) in [5.41, 5.74) is 1.95. The van der Waals surface area contributed by atoms with Crippen molar-refractivity contribution in [1.82, 2.24) is 9.97 Å². The second-order valence-electron chi connectivity index (χ2n) is 3.22. The predicted octanol–water partition coefficient (Wildman–Crippen LogP) is 2.13. The van der Waals surface area contributed by atoms with Crippen molar-refractivity contribution in [3.8, 4) is 0 Å². The van der Waals surface area contributed by atoms with Gasteiger partial charge in [-0.25, -0.2) is 0 Å². The van der Waals surface area contributed by atoms with E-state index in [2.05, 4.69) is 34.2 Å². The quantitative estimate of drug-likeness (QED) is 0.399. The first-order valence-electron chi connectivity index (χ1n) is 4.53. The van der Waals surface area contributed by atoms with Gasteiger partial charge in [0.25, 0.3) is 0 Å². The minimum atomic E-state index is 0. The second kappa shape index (κ2) is 4.02. The molecule has 0 fully saturated rings. The van der Waals surface area contributed by atoms with E-state index in [1.165, 1.54) is 0 Å². The van der Waals surface area contributed by atoms with Gasteiger partial charge in [0.1, 0.15) is 0 Å². The second-order valence-corrected chi connectivity index (χ2v) is 3.22. The molecule has 0 saturated heterocycles. The summed E-state index contributed by atoms with van der Waals surface area (Å²) in [6.07, 6.45) is 3.60. The molecular weight excluding hydrogens is 179 g/mol. The van der Waals surface area contributed by atoms with Crippen LogP contribution in [-0.4, -0.2) is 28.8 Å². The predicted molar refractivity (Wildman–Crippen MR) is 64.2 cm³/mol. The molecule has 0 saturated carbocycles. The van der Waals surface area contributed by atoms with Gasteiger partial charge in [0.2, 0.25) is 0 Å². The van der Waals surface area contributed by atoms with Crippen LogP contribution in [0.5, 0.6) is 0 Å². The summed E-state index contributed by atoms with van der Waals surface area (Å²) >= 11 is 0. The summed E-state index contributed by atoms with van der Waals surface area (Å²) in [4.78, 5) is 8.69. The number of rotatable bonds is 0. The van der Waals surface area contributed by atoms with Gasteiger partial charge < -0.3 is 0 Å². The van der Waals surface area contributed by atoms with E-state index >= 15 is 0 Å². The molecule has 15 heavy (non-hydrogen) atoms. The maximum atomic E-state index is 4.35. The van der Waals surface area contributed by atoms with Gasteiger partial charge in [0, 0.05) is 23.2 Å². The Kier molecular flexibility index (Phi) is 2.72. The van der Waals surface area contributed by atoms with Crippen molar-refractivity contribution in [3.63, 3.8) is 0 Å². The van der Waals surface area contributed by atoms with Crippen molar-refractivity contribution in [2.24, 2.45) is 0 Å². The topological polar surface area (TPSA) is 25.8 Å². The molecule has 68 valence electrons. The van der Waals surface area contributed by atoms with Gasteiger partial charge >= 0.3 is 18.9 Å². The molecule has 3 rings (SSSR count). The van der Waals surface area contributed by atoms with E-state index in [0.717, 1.165) is 21.8 Å². The Morgan fingerprint density at radius 1 is 0.667 bits per heavy atom. The third kappa shape index (κ3) is 1.63. The van der Waals surface area contributed by atoms with Crippen LogP contribution in [0.4, 0.5) is 0 Å². The summed E-state index contributed by atoms with van der Waals surface area (Å²) in [6.45, 7) is 0. The van der Waals surface area contributed by atoms with E-state index in [4.69, 9.17) is 0 Å². The zero-order chi connectivity index (χ0) is 9.38. The molecule has 0 bridgehead atoms. The molecule has 2 nitrogen and oxygen atoms in total. The van der Waals surface area contributed by atoms with Gasteiger partial charge in [-0.1, -0.05) is 24.3 Å². The molecule has 0 aliphatic carbocycles. The van der Waals surface area contributed by atoms with Crippen LogP contribution in [0.3, 0.4) is 0 Å². The SMILES string of the molecule is [LiH].c1cnc2c(c1)ccc1cccnc12. The van der Waals surface area contributed by atoms with Crippen LogP contribution < -0.4 is 0 Å². The molecule has 2 aromatic heterocycles. The molecule has 0 atom stereocenters. The summed E-state index contributed by atoms with van der Waals surface area (Å²) in [5, 5.41) is 2.28. The Morgan fingerprint density at radius 3 is 1.60 bits per heavy atom. The molecular formula is C12H9LiN2. The molecule has 3 aromatic rings. The summed E-state index contributed by atoms with van der Waals surface area (Å²) in [7, 11) is 0. The van der Waals surface area contributed by atoms with Gasteiger partial charge in [0.05, 0.1) is 11.0 Å². The van der Waals surface area contributed by atoms with Crippen LogP contribution in [0.2, 0.25) is 0 Å². The van der Waals surface area contributed by atoms with Crippen LogP contribution in [-0.2, 0) is 0 Å². The van der Waals surface area contributed by atoms with Crippen LogP contribution >= 0.6 is 0 Å². The molecule has 0 unspecified atom stereocenters. The fraction of sp³-hybridized carbons (Fsp3) is 0. The zero-order valence-corrected chi connectivity index (χ0v) is 7.51. The number of hydrogen-bond donors (Lipinski definition) is 0. The number of benzene rings is 1. The van der Waals surface area contributed by atoms with E-state index in [-0.39, 0.29) is 18.9 Å². The molecule has 0 amide bonds. The standard InChI is InChI=1S/C12H8N2.Li.H/c1-3-9-5-6-10-4-2-8-14-12(10)11(9)13-7-1;;/h1-8H;;. The van der Waals surface area contributed by atoms with Crippen molar-refractivity contribution in [2.45, 2.75) is 0 Å². The maximum absolute atomic E-state index is 4.35. The largest absolute Gasteiger partial charge is 0.254 e. The minimum absolute atomic E-state index is 0. The van der Waals surface area contributed by atoms with Gasteiger partial charge in [0.15, 0.2) is 0 Å². The Labute approximate surface area is 99.5 Å². The Balaban J connectivity index is 0.000000853. The molecule has 0 aliphatic rings. The van der Waals surface area contributed by atoms with Crippen molar-refractivity contribution < 1.29 is 0 Å². The van der Waals surface area contributed by atoms with Crippen LogP contribution in [0, 0.1) is 0 Å². The average Bonchev–Trinajstić information content (AvgIpc) is 2.29. The number of aromatic nitrogens is 2. The number of hydrogen-bond acceptors (Lipinski definition) is 2. The van der Waals surface area contributed by atoms with E-state index in [1.807, 2.05) is 12.1 Å². The molecule has 1 aromatic carbocycles. The van der Waals surface area contributed by atoms with E-state index in [1.54, 1.807) is 12.4 Å². The van der Waals surface area contributed by atoms with Gasteiger partial charge in [-0.05, 0) is 12.1 Å². The van der Waals surface area contributed by atoms with Gasteiger partial charge in [-0.3, -0.25) is 9.97 Å². The third-order valence-electron chi connectivity index (χ3n) is 2.34. The fourth-order valence-electron chi connectivity index (χ4n) is 1.68. The summed E-state index contributed by atoms with van der Waals surface area (Å²) in [6, 6.07) is 12.1. The summed E-state index contributed by atoms with van der Waals surface area (Å²) < 4.78 is 0. The van der Waals surface area contributed by atoms with Gasteiger partial charge in [-0.2, -0.15) is 0 Å². The Hall–Kier alpha value is -1.36. The first kappa shape index (κ1) is 10.2. The van der Waals surface area contributed by atoms with E-state index in [9.17, 15) is 0 Å². The average molecular weight is 188 g/mol. The van der Waals surface area contributed by atoms with Crippen LogP contribution in [0.25, 0.3) is 21.8 Å². The monoisotopic (exact) mass is 188 g/mol. The molecule has 0 N–H and O–H groups in total. The minimum Gasteiger partial charge on any atom is -0.254 e. The van der Waals surface area contributed by atoms with Crippen molar-refractivity contribution in [1.29, 1.82) is 0 Å². The number of fused-ring (bicyclic) bond motifs is 3. The van der Waals surface area contributed by atoms with Gasteiger partial charge in [-0.15, -0.1) is 0 Å². The van der Waals surface area contributed by atoms with E-state index in [0.29, 0.717) is 0 Å². The fourth-order valence-corrected chi connectivity index (χ4v) is 1.68. The Bertz CT molecular complexity index is 553. The zero-order valence-electron chi connectivity index (χ0n) is 7.51. The van der Waals surface area contributed by atoms with E-state index < -0.39 is 0 Å². The normalized spacial score (nSPS) is 10.1. The third-order valence-corrected chi connectivity index (χ3v) is 2.34.